The summed E-state index contributed by atoms with van der Waals surface area (Å²) in [5.74, 6) is -0.558. The lowest BCUT2D eigenvalue weighted by atomic mass is 10.0. The predicted molar refractivity (Wildman–Crippen MR) is 136 cm³/mol. The number of rotatable bonds is 12. The van der Waals surface area contributed by atoms with Gasteiger partial charge in [-0.05, 0) is 50.5 Å². The van der Waals surface area contributed by atoms with Crippen molar-refractivity contribution in [3.05, 3.63) is 66.1 Å². The Labute approximate surface area is 215 Å². The van der Waals surface area contributed by atoms with Gasteiger partial charge in [-0.3, -0.25) is 9.59 Å². The van der Waals surface area contributed by atoms with Crippen molar-refractivity contribution in [2.75, 3.05) is 6.61 Å². The van der Waals surface area contributed by atoms with E-state index in [1.54, 1.807) is 17.0 Å². The first kappa shape index (κ1) is 27.4. The summed E-state index contributed by atoms with van der Waals surface area (Å²) in [6, 6.07) is 14.5. The van der Waals surface area contributed by atoms with Crippen LogP contribution in [0.2, 0.25) is 0 Å². The number of carbonyl (C=O) groups excluding carboxylic acids is 2. The largest absolute Gasteiger partial charge is 0.484 e. The molecule has 37 heavy (non-hydrogen) atoms. The quantitative estimate of drug-likeness (QED) is 0.377. The van der Waals surface area contributed by atoms with E-state index in [2.05, 4.69) is 15.5 Å². The highest BCUT2D eigenvalue weighted by Gasteiger charge is 2.23. The zero-order valence-electron chi connectivity index (χ0n) is 21.4. The number of amides is 2. The van der Waals surface area contributed by atoms with Crippen LogP contribution in [0.25, 0.3) is 11.4 Å². The monoisotopic (exact) mass is 508 g/mol. The van der Waals surface area contributed by atoms with E-state index in [9.17, 15) is 19.5 Å². The van der Waals surface area contributed by atoms with Crippen molar-refractivity contribution < 1.29 is 28.8 Å². The van der Waals surface area contributed by atoms with Crippen LogP contribution in [0.5, 0.6) is 5.75 Å². The van der Waals surface area contributed by atoms with Gasteiger partial charge in [0.1, 0.15) is 18.3 Å². The topological polar surface area (TPSA) is 135 Å². The van der Waals surface area contributed by atoms with Crippen LogP contribution in [0, 0.1) is 5.92 Å². The van der Waals surface area contributed by atoms with E-state index >= 15 is 0 Å². The third-order valence-corrected chi connectivity index (χ3v) is 5.54. The fourth-order valence-corrected chi connectivity index (χ4v) is 3.59. The van der Waals surface area contributed by atoms with Crippen molar-refractivity contribution in [2.24, 2.45) is 5.92 Å². The molecule has 0 aliphatic carbocycles. The summed E-state index contributed by atoms with van der Waals surface area (Å²) in [6.45, 7) is 7.45. The molecule has 10 nitrogen and oxygen atoms in total. The first-order valence-electron chi connectivity index (χ1n) is 12.1. The fraction of sp³-hybridized carbons (Fsp3) is 0.370. The minimum absolute atomic E-state index is 0.117. The molecule has 3 rings (SSSR count). The van der Waals surface area contributed by atoms with Gasteiger partial charge in [0.05, 0.1) is 0 Å². The molecule has 0 radical (unpaired) electrons. The normalized spacial score (nSPS) is 11.8. The second kappa shape index (κ2) is 12.7. The zero-order valence-corrected chi connectivity index (χ0v) is 21.4. The maximum absolute atomic E-state index is 12.9. The summed E-state index contributed by atoms with van der Waals surface area (Å²) < 4.78 is 11.0. The van der Waals surface area contributed by atoms with Gasteiger partial charge in [-0.15, -0.1) is 0 Å². The summed E-state index contributed by atoms with van der Waals surface area (Å²) in [6.07, 6.45) is 0.327. The number of hydrogen-bond acceptors (Lipinski definition) is 7. The van der Waals surface area contributed by atoms with E-state index < -0.39 is 17.9 Å². The lowest BCUT2D eigenvalue weighted by Crippen LogP contribution is -2.41. The smallest absolute Gasteiger partial charge is 0.326 e. The van der Waals surface area contributed by atoms with Gasteiger partial charge in [0.15, 0.2) is 6.61 Å². The molecule has 2 N–H and O–H groups in total. The molecule has 2 aromatic carbocycles. The molecule has 0 saturated heterocycles. The van der Waals surface area contributed by atoms with Crippen LogP contribution >= 0.6 is 0 Å². The third kappa shape index (κ3) is 7.89. The Kier molecular flexibility index (Phi) is 9.37. The predicted octanol–water partition coefficient (Wildman–Crippen LogP) is 3.78. The Morgan fingerprint density at radius 3 is 2.30 bits per heavy atom. The number of carbonyl (C=O) groups is 3. The SMILES string of the molecule is CC(C)CC(NC(=O)c1ccc(OCC(=O)N(Cc2nc(-c3ccccc3)no2)C(C)C)cc1)C(=O)O. The van der Waals surface area contributed by atoms with Crippen LogP contribution in [0.4, 0.5) is 0 Å². The molecule has 3 aromatic rings. The van der Waals surface area contributed by atoms with E-state index in [-0.39, 0.29) is 31.0 Å². The van der Waals surface area contributed by atoms with Crippen molar-refractivity contribution in [1.29, 1.82) is 0 Å². The van der Waals surface area contributed by atoms with Crippen molar-refractivity contribution >= 4 is 17.8 Å². The molecule has 0 aliphatic heterocycles. The average Bonchev–Trinajstić information content (AvgIpc) is 3.34. The van der Waals surface area contributed by atoms with Crippen LogP contribution in [0.1, 0.15) is 50.4 Å². The Bertz CT molecular complexity index is 1190. The molecule has 0 saturated carbocycles. The Balaban J connectivity index is 1.57. The lowest BCUT2D eigenvalue weighted by Gasteiger charge is -2.25. The standard InChI is InChI=1S/C27H32N4O6/c1-17(2)14-22(27(34)35)28-26(33)20-10-12-21(13-11-20)36-16-24(32)31(18(3)4)15-23-29-25(30-37-23)19-8-6-5-7-9-19/h5-13,17-18,22H,14-16H2,1-4H3,(H,28,33)(H,34,35). The van der Waals surface area contributed by atoms with E-state index in [4.69, 9.17) is 9.26 Å². The number of nitrogens with one attached hydrogen (secondary N) is 1. The highest BCUT2D eigenvalue weighted by atomic mass is 16.5. The fourth-order valence-electron chi connectivity index (χ4n) is 3.59. The van der Waals surface area contributed by atoms with Gasteiger partial charge in [-0.25, -0.2) is 4.79 Å². The van der Waals surface area contributed by atoms with E-state index in [1.807, 2.05) is 58.0 Å². The van der Waals surface area contributed by atoms with Gasteiger partial charge >= 0.3 is 5.97 Å². The van der Waals surface area contributed by atoms with Crippen LogP contribution < -0.4 is 10.1 Å². The van der Waals surface area contributed by atoms with Gasteiger partial charge < -0.3 is 24.6 Å². The molecule has 1 atom stereocenters. The minimum Gasteiger partial charge on any atom is -0.484 e. The summed E-state index contributed by atoms with van der Waals surface area (Å²) in [5, 5.41) is 15.9. The van der Waals surface area contributed by atoms with Crippen molar-refractivity contribution in [3.63, 3.8) is 0 Å². The number of nitrogens with zero attached hydrogens (tertiary/aromatic N) is 3. The van der Waals surface area contributed by atoms with Crippen molar-refractivity contribution in [1.82, 2.24) is 20.4 Å². The second-order valence-corrected chi connectivity index (χ2v) is 9.30. The van der Waals surface area contributed by atoms with Gasteiger partial charge in [0.2, 0.25) is 11.7 Å². The van der Waals surface area contributed by atoms with Crippen LogP contribution in [0.15, 0.2) is 59.1 Å². The first-order valence-corrected chi connectivity index (χ1v) is 12.1. The number of carboxylic acids is 1. The van der Waals surface area contributed by atoms with E-state index in [0.29, 0.717) is 29.4 Å². The molecule has 0 bridgehead atoms. The van der Waals surface area contributed by atoms with Crippen molar-refractivity contribution in [2.45, 2.75) is 52.7 Å². The third-order valence-electron chi connectivity index (χ3n) is 5.54. The molecule has 1 unspecified atom stereocenters. The van der Waals surface area contributed by atoms with Crippen LogP contribution in [0.3, 0.4) is 0 Å². The summed E-state index contributed by atoms with van der Waals surface area (Å²) in [4.78, 5) is 42.7. The maximum Gasteiger partial charge on any atom is 0.326 e. The number of aromatic nitrogens is 2. The molecule has 10 heteroatoms. The van der Waals surface area contributed by atoms with Crippen LogP contribution in [-0.4, -0.2) is 56.6 Å². The number of hydrogen-bond donors (Lipinski definition) is 2. The summed E-state index contributed by atoms with van der Waals surface area (Å²) in [7, 11) is 0. The number of carboxylic acid groups (broad SMARTS) is 1. The molecule has 1 heterocycles. The Hall–Kier alpha value is -4.21. The molecular weight excluding hydrogens is 476 g/mol. The molecule has 0 spiro atoms. The van der Waals surface area contributed by atoms with E-state index in [1.165, 1.54) is 12.1 Å². The molecule has 1 aromatic heterocycles. The first-order chi connectivity index (χ1) is 17.6. The highest BCUT2D eigenvalue weighted by Crippen LogP contribution is 2.17. The second-order valence-electron chi connectivity index (χ2n) is 9.30. The van der Waals surface area contributed by atoms with E-state index in [0.717, 1.165) is 5.56 Å². The maximum atomic E-state index is 12.9. The van der Waals surface area contributed by atoms with Gasteiger partial charge in [-0.2, -0.15) is 4.98 Å². The highest BCUT2D eigenvalue weighted by molar-refractivity contribution is 5.96. The number of aliphatic carboxylic acids is 1. The van der Waals surface area contributed by atoms with Gasteiger partial charge in [0, 0.05) is 17.2 Å². The number of benzene rings is 2. The van der Waals surface area contributed by atoms with Gasteiger partial charge in [0.25, 0.3) is 11.8 Å². The van der Waals surface area contributed by atoms with Gasteiger partial charge in [-0.1, -0.05) is 49.3 Å². The Morgan fingerprint density at radius 1 is 1.03 bits per heavy atom. The lowest BCUT2D eigenvalue weighted by molar-refractivity contribution is -0.139. The molecular formula is C27H32N4O6. The average molecular weight is 509 g/mol. The minimum atomic E-state index is -1.08. The summed E-state index contributed by atoms with van der Waals surface area (Å²) in [5.41, 5.74) is 1.11. The van der Waals surface area contributed by atoms with Crippen molar-refractivity contribution in [3.8, 4) is 17.1 Å². The van der Waals surface area contributed by atoms with Crippen LogP contribution in [-0.2, 0) is 16.1 Å². The summed E-state index contributed by atoms with van der Waals surface area (Å²) >= 11 is 0. The molecule has 2 amide bonds. The molecule has 0 aliphatic rings. The molecule has 0 fully saturated rings. The molecule has 196 valence electrons. The zero-order chi connectivity index (χ0) is 26.9. The Morgan fingerprint density at radius 2 is 1.70 bits per heavy atom. The number of ether oxygens (including phenoxy) is 1.